The predicted molar refractivity (Wildman–Crippen MR) is 105 cm³/mol. The summed E-state index contributed by atoms with van der Waals surface area (Å²) in [4.78, 5) is 18.7. The third kappa shape index (κ3) is 4.26. The van der Waals surface area contributed by atoms with E-state index in [-0.39, 0.29) is 6.10 Å². The van der Waals surface area contributed by atoms with E-state index >= 15 is 0 Å². The minimum absolute atomic E-state index is 0.141. The molecule has 0 bridgehead atoms. The summed E-state index contributed by atoms with van der Waals surface area (Å²) in [5.41, 5.74) is 7.50. The highest BCUT2D eigenvalue weighted by Gasteiger charge is 2.19. The lowest BCUT2D eigenvalue weighted by molar-refractivity contribution is 0.0917. The number of benzene rings is 2. The van der Waals surface area contributed by atoms with Gasteiger partial charge < -0.3 is 25.3 Å². The Morgan fingerprint density at radius 3 is 2.54 bits per heavy atom. The van der Waals surface area contributed by atoms with Gasteiger partial charge in [0.15, 0.2) is 0 Å². The number of aliphatic hydroxyl groups excluding tert-OH is 1. The molecule has 7 nitrogen and oxygen atoms in total. The van der Waals surface area contributed by atoms with Crippen LogP contribution in [-0.2, 0) is 0 Å². The Balaban J connectivity index is 1.42. The van der Waals surface area contributed by atoms with Crippen molar-refractivity contribution in [2.45, 2.75) is 31.8 Å². The summed E-state index contributed by atoms with van der Waals surface area (Å²) in [5, 5.41) is 9.58. The number of ether oxygens (including phenoxy) is 2. The molecule has 1 amide bonds. The van der Waals surface area contributed by atoms with Crippen LogP contribution in [0.1, 0.15) is 25.7 Å². The van der Waals surface area contributed by atoms with Crippen LogP contribution in [0.5, 0.6) is 11.5 Å². The zero-order valence-electron chi connectivity index (χ0n) is 15.4. The average molecular weight is 381 g/mol. The van der Waals surface area contributed by atoms with Gasteiger partial charge in [0.25, 0.3) is 0 Å². The molecule has 0 radical (unpaired) electrons. The van der Waals surface area contributed by atoms with Gasteiger partial charge in [-0.2, -0.15) is 0 Å². The number of nitrogens with two attached hydrogens (primary N) is 1. The first kappa shape index (κ1) is 18.3. The molecule has 3 aromatic rings. The maximum Gasteiger partial charge on any atom is 0.409 e. The molecule has 146 valence electrons. The van der Waals surface area contributed by atoms with E-state index in [1.165, 1.54) is 0 Å². The number of aromatic nitrogens is 2. The maximum atomic E-state index is 10.9. The third-order valence-corrected chi connectivity index (χ3v) is 5.10. The molecule has 1 aromatic heterocycles. The molecule has 0 unspecified atom stereocenters. The molecule has 0 atom stereocenters. The second-order valence-corrected chi connectivity index (χ2v) is 7.20. The fraction of sp³-hybridized carbons (Fsp3) is 0.333. The topological polar surface area (TPSA) is 110 Å². The lowest BCUT2D eigenvalue weighted by Crippen LogP contribution is -2.22. The van der Waals surface area contributed by atoms with Crippen molar-refractivity contribution in [3.8, 4) is 22.9 Å². The molecule has 7 heteroatoms. The molecule has 4 rings (SSSR count). The van der Waals surface area contributed by atoms with Gasteiger partial charge in [0.2, 0.25) is 0 Å². The van der Waals surface area contributed by atoms with Gasteiger partial charge in [-0.1, -0.05) is 0 Å². The quantitative estimate of drug-likeness (QED) is 0.625. The highest BCUT2D eigenvalue weighted by atomic mass is 16.5. The van der Waals surface area contributed by atoms with E-state index in [0.717, 1.165) is 48.3 Å². The molecule has 0 saturated heterocycles. The number of aromatic amines is 1. The number of nitrogens with one attached hydrogen (secondary N) is 1. The highest BCUT2D eigenvalue weighted by Crippen LogP contribution is 2.27. The number of carbonyl (C=O) groups is 1. The van der Waals surface area contributed by atoms with E-state index in [4.69, 9.17) is 15.2 Å². The van der Waals surface area contributed by atoms with Crippen molar-refractivity contribution in [2.75, 3.05) is 6.61 Å². The lowest BCUT2D eigenvalue weighted by atomic mass is 9.88. The lowest BCUT2D eigenvalue weighted by Gasteiger charge is -2.25. The van der Waals surface area contributed by atoms with Gasteiger partial charge in [0.1, 0.15) is 17.3 Å². The van der Waals surface area contributed by atoms with Crippen LogP contribution < -0.4 is 15.2 Å². The second kappa shape index (κ2) is 7.90. The minimum Gasteiger partial charge on any atom is -0.493 e. The fourth-order valence-electron chi connectivity index (χ4n) is 3.54. The molecule has 28 heavy (non-hydrogen) atoms. The molecule has 1 fully saturated rings. The molecule has 0 spiro atoms. The van der Waals surface area contributed by atoms with Gasteiger partial charge >= 0.3 is 6.09 Å². The van der Waals surface area contributed by atoms with Gasteiger partial charge in [-0.15, -0.1) is 0 Å². The number of nitrogens with zero attached hydrogens (tertiary/aromatic N) is 1. The first-order valence-corrected chi connectivity index (χ1v) is 9.45. The van der Waals surface area contributed by atoms with Crippen molar-refractivity contribution in [2.24, 2.45) is 11.7 Å². The van der Waals surface area contributed by atoms with E-state index in [2.05, 4.69) is 9.97 Å². The minimum atomic E-state index is -0.852. The van der Waals surface area contributed by atoms with Crippen LogP contribution in [0.25, 0.3) is 22.4 Å². The Hall–Kier alpha value is -3.06. The Kier molecular flexibility index (Phi) is 5.16. The molecular weight excluding hydrogens is 358 g/mol. The molecule has 4 N–H and O–H groups in total. The van der Waals surface area contributed by atoms with Crippen LogP contribution in [0.15, 0.2) is 42.5 Å². The summed E-state index contributed by atoms with van der Waals surface area (Å²) in [6.45, 7) is 0.680. The van der Waals surface area contributed by atoms with Crippen LogP contribution in [-0.4, -0.2) is 33.9 Å². The van der Waals surface area contributed by atoms with Gasteiger partial charge in [0, 0.05) is 11.6 Å². The number of amides is 1. The van der Waals surface area contributed by atoms with Crippen LogP contribution in [0.3, 0.4) is 0 Å². The van der Waals surface area contributed by atoms with E-state index < -0.39 is 6.09 Å². The molecular formula is C21H23N3O4. The van der Waals surface area contributed by atoms with Crippen molar-refractivity contribution < 1.29 is 19.4 Å². The van der Waals surface area contributed by atoms with Crippen molar-refractivity contribution in [1.29, 1.82) is 0 Å². The van der Waals surface area contributed by atoms with E-state index in [1.54, 1.807) is 18.2 Å². The first-order chi connectivity index (χ1) is 13.6. The molecule has 1 heterocycles. The van der Waals surface area contributed by atoms with Gasteiger partial charge in [-0.05, 0) is 68.0 Å². The molecule has 1 aliphatic rings. The Bertz CT molecular complexity index is 959. The Labute approximate surface area is 162 Å². The number of primary amides is 1. The van der Waals surface area contributed by atoms with E-state index in [9.17, 15) is 9.90 Å². The summed E-state index contributed by atoms with van der Waals surface area (Å²) < 4.78 is 10.8. The summed E-state index contributed by atoms with van der Waals surface area (Å²) in [7, 11) is 0. The Morgan fingerprint density at radius 2 is 1.82 bits per heavy atom. The Morgan fingerprint density at radius 1 is 1.11 bits per heavy atom. The number of fused-ring (bicyclic) bond motifs is 1. The zero-order chi connectivity index (χ0) is 19.5. The van der Waals surface area contributed by atoms with Crippen molar-refractivity contribution in [1.82, 2.24) is 9.97 Å². The van der Waals surface area contributed by atoms with Crippen molar-refractivity contribution in [3.63, 3.8) is 0 Å². The molecule has 1 aliphatic carbocycles. The first-order valence-electron chi connectivity index (χ1n) is 9.45. The smallest absolute Gasteiger partial charge is 0.409 e. The third-order valence-electron chi connectivity index (χ3n) is 5.10. The SMILES string of the molecule is NC(=O)Oc1ccc2[nH]c(-c3ccc(OC[C@H]4CC[C@@H](O)CC4)cc3)nc2c1. The van der Waals surface area contributed by atoms with Gasteiger partial charge in [0.05, 0.1) is 23.7 Å². The number of carbonyl (C=O) groups excluding carboxylic acids is 1. The normalized spacial score (nSPS) is 19.5. The number of H-pyrrole nitrogens is 1. The predicted octanol–water partition coefficient (Wildman–Crippen LogP) is 3.62. The number of hydrogen-bond acceptors (Lipinski definition) is 5. The van der Waals surface area contributed by atoms with Crippen LogP contribution in [0.2, 0.25) is 0 Å². The summed E-state index contributed by atoms with van der Waals surface area (Å²) >= 11 is 0. The fourth-order valence-corrected chi connectivity index (χ4v) is 3.54. The summed E-state index contributed by atoms with van der Waals surface area (Å²) in [6.07, 6.45) is 2.77. The molecule has 0 aliphatic heterocycles. The van der Waals surface area contributed by atoms with Crippen molar-refractivity contribution in [3.05, 3.63) is 42.5 Å². The summed E-state index contributed by atoms with van der Waals surface area (Å²) in [5.74, 6) is 2.41. The number of aliphatic hydroxyl groups is 1. The van der Waals surface area contributed by atoms with Crippen LogP contribution in [0.4, 0.5) is 4.79 Å². The second-order valence-electron chi connectivity index (χ2n) is 7.20. The number of hydrogen-bond donors (Lipinski definition) is 3. The van der Waals surface area contributed by atoms with Gasteiger partial charge in [-0.25, -0.2) is 9.78 Å². The number of imidazole rings is 1. The molecule has 1 saturated carbocycles. The van der Waals surface area contributed by atoms with E-state index in [1.807, 2.05) is 24.3 Å². The van der Waals surface area contributed by atoms with Gasteiger partial charge in [-0.3, -0.25) is 0 Å². The summed E-state index contributed by atoms with van der Waals surface area (Å²) in [6, 6.07) is 12.9. The largest absolute Gasteiger partial charge is 0.493 e. The maximum absolute atomic E-state index is 10.9. The molecule has 2 aromatic carbocycles. The average Bonchev–Trinajstić information content (AvgIpc) is 3.11. The van der Waals surface area contributed by atoms with E-state index in [0.29, 0.717) is 23.8 Å². The monoisotopic (exact) mass is 381 g/mol. The standard InChI is InChI=1S/C21H23N3O4/c22-21(26)28-17-9-10-18-19(11-17)24-20(23-18)14-3-7-16(8-4-14)27-12-13-1-5-15(25)6-2-13/h3-4,7-11,13,15,25H,1-2,5-6,12H2,(H2,22,26)(H,23,24)/t13-,15+. The van der Waals surface area contributed by atoms with Crippen molar-refractivity contribution >= 4 is 17.1 Å². The highest BCUT2D eigenvalue weighted by molar-refractivity contribution is 5.81. The zero-order valence-corrected chi connectivity index (χ0v) is 15.4. The number of rotatable bonds is 5. The van der Waals surface area contributed by atoms with Crippen LogP contribution >= 0.6 is 0 Å². The van der Waals surface area contributed by atoms with Crippen LogP contribution in [0, 0.1) is 5.92 Å².